The number of carbonyl (C=O) groups is 2. The molecule has 2 bridgehead atoms. The lowest BCUT2D eigenvalue weighted by Gasteiger charge is -2.25. The van der Waals surface area contributed by atoms with Crippen LogP contribution in [0.25, 0.3) is 0 Å². The molecule has 2 fully saturated rings. The summed E-state index contributed by atoms with van der Waals surface area (Å²) in [6, 6.07) is 7.57. The van der Waals surface area contributed by atoms with Crippen LogP contribution in [0.15, 0.2) is 24.3 Å². The predicted molar refractivity (Wildman–Crippen MR) is 74.6 cm³/mol. The molecule has 106 valence electrons. The maximum atomic E-state index is 12.1. The van der Waals surface area contributed by atoms with E-state index in [4.69, 9.17) is 4.74 Å². The van der Waals surface area contributed by atoms with E-state index in [9.17, 15) is 9.59 Å². The van der Waals surface area contributed by atoms with Gasteiger partial charge >= 0.3 is 0 Å². The number of benzene rings is 1. The van der Waals surface area contributed by atoms with Crippen molar-refractivity contribution < 1.29 is 14.3 Å². The van der Waals surface area contributed by atoms with Crippen LogP contribution in [0.1, 0.15) is 31.2 Å². The van der Waals surface area contributed by atoms with Gasteiger partial charge in [0.25, 0.3) is 0 Å². The molecule has 4 nitrogen and oxygen atoms in total. The fraction of sp³-hybridized carbons (Fsp3) is 0.500. The highest BCUT2D eigenvalue weighted by molar-refractivity contribution is 6.08. The SMILES string of the molecule is COc1ccc(CN2C3CCCC(=O)C2C(=O)C3)cc1. The maximum Gasteiger partial charge on any atom is 0.159 e. The summed E-state index contributed by atoms with van der Waals surface area (Å²) in [6.45, 7) is 0.663. The average Bonchev–Trinajstić information content (AvgIpc) is 2.66. The van der Waals surface area contributed by atoms with E-state index in [1.807, 2.05) is 24.3 Å². The van der Waals surface area contributed by atoms with Crippen molar-refractivity contribution in [3.8, 4) is 5.75 Å². The molecule has 0 amide bonds. The van der Waals surface area contributed by atoms with Crippen molar-refractivity contribution in [1.29, 1.82) is 0 Å². The second-order valence-corrected chi connectivity index (χ2v) is 5.61. The van der Waals surface area contributed by atoms with E-state index in [1.54, 1.807) is 7.11 Å². The van der Waals surface area contributed by atoms with Gasteiger partial charge in [-0.1, -0.05) is 12.1 Å². The van der Waals surface area contributed by atoms with Gasteiger partial charge in [0.05, 0.1) is 7.11 Å². The van der Waals surface area contributed by atoms with Crippen LogP contribution in [0.5, 0.6) is 5.75 Å². The number of Topliss-reactive ketones (excluding diaryl/α,β-unsaturated/α-hetero) is 2. The van der Waals surface area contributed by atoms with Crippen LogP contribution in [-0.4, -0.2) is 35.7 Å². The largest absolute Gasteiger partial charge is 0.497 e. The first-order valence-electron chi connectivity index (χ1n) is 7.13. The van der Waals surface area contributed by atoms with Gasteiger partial charge < -0.3 is 4.74 Å². The molecule has 1 aromatic carbocycles. The van der Waals surface area contributed by atoms with Crippen molar-refractivity contribution in [3.63, 3.8) is 0 Å². The molecule has 0 radical (unpaired) electrons. The zero-order chi connectivity index (χ0) is 14.1. The number of nitrogens with zero attached hydrogens (tertiary/aromatic N) is 1. The van der Waals surface area contributed by atoms with Gasteiger partial charge in [0, 0.05) is 25.4 Å². The Labute approximate surface area is 118 Å². The van der Waals surface area contributed by atoms with Gasteiger partial charge in [0.15, 0.2) is 11.6 Å². The van der Waals surface area contributed by atoms with E-state index in [0.29, 0.717) is 19.4 Å². The normalized spacial score (nSPS) is 26.6. The summed E-state index contributed by atoms with van der Waals surface area (Å²) in [5, 5.41) is 0. The molecule has 2 unspecified atom stereocenters. The third kappa shape index (κ3) is 2.36. The van der Waals surface area contributed by atoms with Crippen LogP contribution in [0.2, 0.25) is 0 Å². The second-order valence-electron chi connectivity index (χ2n) is 5.61. The molecule has 3 rings (SSSR count). The number of carbonyl (C=O) groups excluding carboxylic acids is 2. The Morgan fingerprint density at radius 3 is 2.65 bits per heavy atom. The number of methoxy groups -OCH3 is 1. The van der Waals surface area contributed by atoms with Crippen molar-refractivity contribution in [2.24, 2.45) is 0 Å². The summed E-state index contributed by atoms with van der Waals surface area (Å²) >= 11 is 0. The van der Waals surface area contributed by atoms with Gasteiger partial charge in [0.1, 0.15) is 11.8 Å². The molecule has 2 saturated heterocycles. The molecule has 0 saturated carbocycles. The number of hydrogen-bond donors (Lipinski definition) is 0. The molecule has 1 aromatic rings. The zero-order valence-corrected chi connectivity index (χ0v) is 11.7. The molecule has 0 aliphatic carbocycles. The van der Waals surface area contributed by atoms with Crippen LogP contribution in [-0.2, 0) is 16.1 Å². The molecule has 2 heterocycles. The minimum Gasteiger partial charge on any atom is -0.497 e. The van der Waals surface area contributed by atoms with Crippen LogP contribution in [0.4, 0.5) is 0 Å². The van der Waals surface area contributed by atoms with Crippen molar-refractivity contribution in [3.05, 3.63) is 29.8 Å². The third-order valence-electron chi connectivity index (χ3n) is 4.33. The van der Waals surface area contributed by atoms with Crippen molar-refractivity contribution in [2.45, 2.75) is 44.3 Å². The number of ether oxygens (including phenoxy) is 1. The lowest BCUT2D eigenvalue weighted by molar-refractivity contribution is -0.130. The fourth-order valence-corrected chi connectivity index (χ4v) is 3.30. The summed E-state index contributed by atoms with van der Waals surface area (Å²) in [5.41, 5.74) is 1.12. The Bertz CT molecular complexity index is 523. The van der Waals surface area contributed by atoms with Crippen molar-refractivity contribution >= 4 is 11.6 Å². The van der Waals surface area contributed by atoms with E-state index >= 15 is 0 Å². The van der Waals surface area contributed by atoms with Gasteiger partial charge in [-0.2, -0.15) is 0 Å². The van der Waals surface area contributed by atoms with E-state index < -0.39 is 6.04 Å². The summed E-state index contributed by atoms with van der Waals surface area (Å²) < 4.78 is 5.15. The van der Waals surface area contributed by atoms with Crippen molar-refractivity contribution in [2.75, 3.05) is 7.11 Å². The molecule has 4 heteroatoms. The monoisotopic (exact) mass is 273 g/mol. The summed E-state index contributed by atoms with van der Waals surface area (Å²) in [4.78, 5) is 26.2. The van der Waals surface area contributed by atoms with Crippen molar-refractivity contribution in [1.82, 2.24) is 4.90 Å². The highest BCUT2D eigenvalue weighted by atomic mass is 16.5. The van der Waals surface area contributed by atoms with E-state index in [2.05, 4.69) is 4.90 Å². The Morgan fingerprint density at radius 1 is 1.20 bits per heavy atom. The molecule has 2 aliphatic heterocycles. The first-order valence-corrected chi connectivity index (χ1v) is 7.13. The average molecular weight is 273 g/mol. The highest BCUT2D eigenvalue weighted by Crippen LogP contribution is 2.31. The molecule has 0 aromatic heterocycles. The standard InChI is InChI=1S/C16H19NO3/c1-20-13-7-5-11(6-8-13)10-17-12-3-2-4-14(18)16(17)15(19)9-12/h5-8,12,16H,2-4,9-10H2,1H3. The van der Waals surface area contributed by atoms with Gasteiger partial charge in [-0.15, -0.1) is 0 Å². The second kappa shape index (κ2) is 5.37. The Kier molecular flexibility index (Phi) is 3.57. The Hall–Kier alpha value is -1.68. The van der Waals surface area contributed by atoms with Crippen LogP contribution in [0.3, 0.4) is 0 Å². The van der Waals surface area contributed by atoms with E-state index in [-0.39, 0.29) is 17.6 Å². The van der Waals surface area contributed by atoms with Gasteiger partial charge in [0.2, 0.25) is 0 Å². The number of hydrogen-bond acceptors (Lipinski definition) is 4. The minimum atomic E-state index is -0.496. The topological polar surface area (TPSA) is 46.6 Å². The first-order chi connectivity index (χ1) is 9.69. The molecule has 20 heavy (non-hydrogen) atoms. The Morgan fingerprint density at radius 2 is 1.95 bits per heavy atom. The molecule has 2 aliphatic rings. The quantitative estimate of drug-likeness (QED) is 0.790. The molecule has 0 spiro atoms. The van der Waals surface area contributed by atoms with Gasteiger partial charge in [-0.3, -0.25) is 14.5 Å². The van der Waals surface area contributed by atoms with Crippen LogP contribution in [0, 0.1) is 0 Å². The smallest absolute Gasteiger partial charge is 0.159 e. The zero-order valence-electron chi connectivity index (χ0n) is 11.7. The van der Waals surface area contributed by atoms with Gasteiger partial charge in [-0.25, -0.2) is 0 Å². The van der Waals surface area contributed by atoms with E-state index in [1.165, 1.54) is 0 Å². The molecule has 2 atom stereocenters. The Balaban J connectivity index is 1.81. The third-order valence-corrected chi connectivity index (χ3v) is 4.33. The predicted octanol–water partition coefficient (Wildman–Crippen LogP) is 1.96. The fourth-order valence-electron chi connectivity index (χ4n) is 3.30. The number of fused-ring (bicyclic) bond motifs is 2. The van der Waals surface area contributed by atoms with Gasteiger partial charge in [-0.05, 0) is 30.5 Å². The number of ketones is 2. The lowest BCUT2D eigenvalue weighted by Crippen LogP contribution is -2.40. The molecule has 0 N–H and O–H groups in total. The molecular weight excluding hydrogens is 254 g/mol. The lowest BCUT2D eigenvalue weighted by atomic mass is 9.99. The molecular formula is C16H19NO3. The van der Waals surface area contributed by atoms with Crippen LogP contribution < -0.4 is 4.74 Å². The first kappa shape index (κ1) is 13.3. The minimum absolute atomic E-state index is 0.100. The summed E-state index contributed by atoms with van der Waals surface area (Å²) in [7, 11) is 1.64. The number of rotatable bonds is 3. The summed E-state index contributed by atoms with van der Waals surface area (Å²) in [6.07, 6.45) is 2.94. The maximum absolute atomic E-state index is 12.1. The summed E-state index contributed by atoms with van der Waals surface area (Å²) in [5.74, 6) is 1.02. The van der Waals surface area contributed by atoms with E-state index in [0.717, 1.165) is 24.2 Å². The highest BCUT2D eigenvalue weighted by Gasteiger charge is 2.45. The van der Waals surface area contributed by atoms with Crippen LogP contribution >= 0.6 is 0 Å².